The molecule has 0 radical (unpaired) electrons. The highest BCUT2D eigenvalue weighted by Gasteiger charge is 2.28. The third-order valence-electron chi connectivity index (χ3n) is 5.51. The van der Waals surface area contributed by atoms with Crippen LogP contribution in [0.3, 0.4) is 0 Å². The van der Waals surface area contributed by atoms with Crippen molar-refractivity contribution in [3.05, 3.63) is 107 Å². The van der Waals surface area contributed by atoms with Crippen molar-refractivity contribution in [3.63, 3.8) is 0 Å². The van der Waals surface area contributed by atoms with E-state index in [0.717, 1.165) is 44.6 Å². The molecule has 3 nitrogen and oxygen atoms in total. The zero-order valence-corrected chi connectivity index (χ0v) is 16.1. The summed E-state index contributed by atoms with van der Waals surface area (Å²) in [6.07, 6.45) is 0.911. The Kier molecular flexibility index (Phi) is 5.95. The summed E-state index contributed by atoms with van der Waals surface area (Å²) < 4.78 is 0. The lowest BCUT2D eigenvalue weighted by atomic mass is 9.99. The standard InChI is InChI=1S/C25H26N2O/c28-20-23-11-13-24(14-12-23)25-19-26(17-21-7-3-1-4-8-21)15-16-27(25)18-22-9-5-2-6-10-22/h1-14,20,25H,15-19H2/t25-/m1/s1. The third kappa shape index (κ3) is 4.56. The molecule has 0 amide bonds. The number of hydrogen-bond donors (Lipinski definition) is 0. The molecule has 1 saturated heterocycles. The topological polar surface area (TPSA) is 23.6 Å². The highest BCUT2D eigenvalue weighted by Crippen LogP contribution is 2.28. The molecule has 3 aromatic carbocycles. The molecule has 0 aromatic heterocycles. The minimum absolute atomic E-state index is 0.318. The Bertz CT molecular complexity index is 877. The van der Waals surface area contributed by atoms with Crippen LogP contribution in [0.15, 0.2) is 84.9 Å². The summed E-state index contributed by atoms with van der Waals surface area (Å²) in [6, 6.07) is 29.8. The van der Waals surface area contributed by atoms with E-state index in [1.54, 1.807) is 0 Å². The quantitative estimate of drug-likeness (QED) is 0.595. The molecule has 0 spiro atoms. The second-order valence-electron chi connectivity index (χ2n) is 7.48. The summed E-state index contributed by atoms with van der Waals surface area (Å²) in [4.78, 5) is 16.1. The van der Waals surface area contributed by atoms with Gasteiger partial charge in [0.25, 0.3) is 0 Å². The predicted octanol–water partition coefficient (Wildman–Crippen LogP) is 4.56. The van der Waals surface area contributed by atoms with E-state index in [0.29, 0.717) is 6.04 Å². The van der Waals surface area contributed by atoms with Crippen molar-refractivity contribution in [3.8, 4) is 0 Å². The van der Waals surface area contributed by atoms with Crippen molar-refractivity contribution in [2.75, 3.05) is 19.6 Å². The minimum Gasteiger partial charge on any atom is -0.298 e. The zero-order chi connectivity index (χ0) is 19.2. The van der Waals surface area contributed by atoms with Crippen LogP contribution in [0.25, 0.3) is 0 Å². The second-order valence-corrected chi connectivity index (χ2v) is 7.48. The van der Waals surface area contributed by atoms with E-state index in [9.17, 15) is 4.79 Å². The fourth-order valence-corrected chi connectivity index (χ4v) is 3.98. The van der Waals surface area contributed by atoms with Crippen LogP contribution in [0.5, 0.6) is 0 Å². The zero-order valence-electron chi connectivity index (χ0n) is 16.1. The molecule has 0 aliphatic carbocycles. The molecule has 1 heterocycles. The fraction of sp³-hybridized carbons (Fsp3) is 0.240. The minimum atomic E-state index is 0.318. The van der Waals surface area contributed by atoms with Crippen molar-refractivity contribution < 1.29 is 4.79 Å². The highest BCUT2D eigenvalue weighted by molar-refractivity contribution is 5.74. The first-order chi connectivity index (χ1) is 13.8. The van der Waals surface area contributed by atoms with Gasteiger partial charge in [-0.15, -0.1) is 0 Å². The Morgan fingerprint density at radius 3 is 1.96 bits per heavy atom. The molecule has 3 heteroatoms. The molecule has 142 valence electrons. The average molecular weight is 370 g/mol. The van der Waals surface area contributed by atoms with Crippen LogP contribution in [-0.4, -0.2) is 35.7 Å². The van der Waals surface area contributed by atoms with Crippen molar-refractivity contribution in [2.45, 2.75) is 19.1 Å². The van der Waals surface area contributed by atoms with Gasteiger partial charge in [-0.25, -0.2) is 0 Å². The molecule has 1 aliphatic heterocycles. The average Bonchev–Trinajstić information content (AvgIpc) is 2.76. The van der Waals surface area contributed by atoms with Gasteiger partial charge in [0, 0.05) is 44.3 Å². The molecular formula is C25H26N2O. The highest BCUT2D eigenvalue weighted by atomic mass is 16.1. The molecule has 1 aliphatic rings. The number of hydrogen-bond acceptors (Lipinski definition) is 3. The Morgan fingerprint density at radius 1 is 0.750 bits per heavy atom. The van der Waals surface area contributed by atoms with Gasteiger partial charge in [0.2, 0.25) is 0 Å². The molecule has 0 N–H and O–H groups in total. The van der Waals surface area contributed by atoms with Gasteiger partial charge in [-0.05, 0) is 16.7 Å². The van der Waals surface area contributed by atoms with Gasteiger partial charge in [-0.1, -0.05) is 84.9 Å². The van der Waals surface area contributed by atoms with Crippen LogP contribution < -0.4 is 0 Å². The number of aldehydes is 1. The van der Waals surface area contributed by atoms with Crippen LogP contribution in [0.2, 0.25) is 0 Å². The Balaban J connectivity index is 1.54. The smallest absolute Gasteiger partial charge is 0.150 e. The van der Waals surface area contributed by atoms with Crippen LogP contribution in [0.4, 0.5) is 0 Å². The maximum absolute atomic E-state index is 11.0. The van der Waals surface area contributed by atoms with Crippen LogP contribution >= 0.6 is 0 Å². The van der Waals surface area contributed by atoms with Crippen molar-refractivity contribution >= 4 is 6.29 Å². The third-order valence-corrected chi connectivity index (χ3v) is 5.51. The van der Waals surface area contributed by atoms with E-state index in [-0.39, 0.29) is 0 Å². The van der Waals surface area contributed by atoms with Crippen molar-refractivity contribution in [1.29, 1.82) is 0 Å². The first kappa shape index (κ1) is 18.6. The molecule has 4 rings (SSSR count). The number of rotatable bonds is 6. The molecule has 0 bridgehead atoms. The molecule has 1 fully saturated rings. The van der Waals surface area contributed by atoms with Gasteiger partial charge in [-0.2, -0.15) is 0 Å². The predicted molar refractivity (Wildman–Crippen MR) is 113 cm³/mol. The Hall–Kier alpha value is -2.75. The van der Waals surface area contributed by atoms with Crippen molar-refractivity contribution in [1.82, 2.24) is 9.80 Å². The lowest BCUT2D eigenvalue weighted by Crippen LogP contribution is -2.47. The van der Waals surface area contributed by atoms with E-state index in [4.69, 9.17) is 0 Å². The van der Waals surface area contributed by atoms with Crippen LogP contribution in [0, 0.1) is 0 Å². The Labute approximate surface area is 167 Å². The summed E-state index contributed by atoms with van der Waals surface area (Å²) >= 11 is 0. The number of benzene rings is 3. The number of carbonyl (C=O) groups is 1. The molecular weight excluding hydrogens is 344 g/mol. The van der Waals surface area contributed by atoms with Gasteiger partial charge in [0.1, 0.15) is 6.29 Å². The van der Waals surface area contributed by atoms with E-state index in [1.807, 2.05) is 12.1 Å². The molecule has 0 saturated carbocycles. The monoisotopic (exact) mass is 370 g/mol. The van der Waals surface area contributed by atoms with Gasteiger partial charge in [0.15, 0.2) is 0 Å². The first-order valence-electron chi connectivity index (χ1n) is 9.91. The van der Waals surface area contributed by atoms with Crippen molar-refractivity contribution in [2.24, 2.45) is 0 Å². The van der Waals surface area contributed by atoms with Gasteiger partial charge in [0.05, 0.1) is 0 Å². The summed E-state index contributed by atoms with van der Waals surface area (Å²) in [5.74, 6) is 0. The maximum Gasteiger partial charge on any atom is 0.150 e. The number of piperazine rings is 1. The van der Waals surface area contributed by atoms with E-state index in [1.165, 1.54) is 16.7 Å². The van der Waals surface area contributed by atoms with Crippen LogP contribution in [-0.2, 0) is 13.1 Å². The largest absolute Gasteiger partial charge is 0.298 e. The molecule has 3 aromatic rings. The summed E-state index contributed by atoms with van der Waals surface area (Å²) in [5.41, 5.74) is 4.71. The lowest BCUT2D eigenvalue weighted by Gasteiger charge is -2.42. The molecule has 0 unspecified atom stereocenters. The van der Waals surface area contributed by atoms with E-state index in [2.05, 4.69) is 82.6 Å². The summed E-state index contributed by atoms with van der Waals surface area (Å²) in [7, 11) is 0. The maximum atomic E-state index is 11.0. The number of carbonyl (C=O) groups excluding carboxylic acids is 1. The van der Waals surface area contributed by atoms with Gasteiger partial charge in [-0.3, -0.25) is 14.6 Å². The summed E-state index contributed by atoms with van der Waals surface area (Å²) in [5, 5.41) is 0. The Morgan fingerprint density at radius 2 is 1.36 bits per heavy atom. The second kappa shape index (κ2) is 8.96. The van der Waals surface area contributed by atoms with Crippen LogP contribution in [0.1, 0.15) is 33.1 Å². The number of nitrogens with zero attached hydrogens (tertiary/aromatic N) is 2. The first-order valence-corrected chi connectivity index (χ1v) is 9.91. The van der Waals surface area contributed by atoms with Gasteiger partial charge >= 0.3 is 0 Å². The molecule has 1 atom stereocenters. The van der Waals surface area contributed by atoms with E-state index >= 15 is 0 Å². The SMILES string of the molecule is O=Cc1ccc([C@H]2CN(Cc3ccccc3)CCN2Cc2ccccc2)cc1. The van der Waals surface area contributed by atoms with Gasteiger partial charge < -0.3 is 0 Å². The fourth-order valence-electron chi connectivity index (χ4n) is 3.98. The normalized spacial score (nSPS) is 18.1. The van der Waals surface area contributed by atoms with E-state index < -0.39 is 0 Å². The molecule has 28 heavy (non-hydrogen) atoms. The summed E-state index contributed by atoms with van der Waals surface area (Å²) in [6.45, 7) is 5.00. The lowest BCUT2D eigenvalue weighted by molar-refractivity contribution is 0.0636.